The first-order chi connectivity index (χ1) is 13.5. The van der Waals surface area contributed by atoms with Crippen LogP contribution in [0.25, 0.3) is 0 Å². The van der Waals surface area contributed by atoms with Crippen LogP contribution in [-0.4, -0.2) is 41.2 Å². The van der Waals surface area contributed by atoms with Gasteiger partial charge in [-0.3, -0.25) is 23.7 Å². The summed E-state index contributed by atoms with van der Waals surface area (Å²) in [5, 5.41) is 17.9. The van der Waals surface area contributed by atoms with E-state index in [0.717, 1.165) is 0 Å². The van der Waals surface area contributed by atoms with Gasteiger partial charge in [-0.1, -0.05) is 18.2 Å². The summed E-state index contributed by atoms with van der Waals surface area (Å²) in [7, 11) is -3.27. The molecule has 0 bridgehead atoms. The molecule has 29 heavy (non-hydrogen) atoms. The highest BCUT2D eigenvalue weighted by Crippen LogP contribution is 2.57. The van der Waals surface area contributed by atoms with Gasteiger partial charge in [-0.25, -0.2) is 5.01 Å². The van der Waals surface area contributed by atoms with Gasteiger partial charge >= 0.3 is 7.74 Å². The third-order valence-corrected chi connectivity index (χ3v) is 6.35. The van der Waals surface area contributed by atoms with E-state index in [1.807, 2.05) is 71.9 Å². The lowest BCUT2D eigenvalue weighted by molar-refractivity contribution is -0.504. The Bertz CT molecular complexity index is 749. The first-order valence-electron chi connectivity index (χ1n) is 9.74. The van der Waals surface area contributed by atoms with Gasteiger partial charge in [-0.2, -0.15) is 9.85 Å². The molecule has 9 nitrogen and oxygen atoms in total. The molecule has 0 fully saturated rings. The van der Waals surface area contributed by atoms with Crippen LogP contribution in [0.5, 0.6) is 0 Å². The summed E-state index contributed by atoms with van der Waals surface area (Å²) < 4.78 is 23.0. The Hall–Kier alpha value is -1.80. The van der Waals surface area contributed by atoms with E-state index >= 15 is 0 Å². The molecule has 0 aromatic heterocycles. The quantitative estimate of drug-likeness (QED) is 0.310. The molecule has 0 saturated carbocycles. The van der Waals surface area contributed by atoms with Crippen molar-refractivity contribution in [1.29, 1.82) is 0 Å². The summed E-state index contributed by atoms with van der Waals surface area (Å²) in [6.07, 6.45) is -1.68. The highest BCUT2D eigenvalue weighted by Gasteiger charge is 2.47. The van der Waals surface area contributed by atoms with Gasteiger partial charge in [0, 0.05) is 4.92 Å². The number of benzene rings is 1. The van der Waals surface area contributed by atoms with Crippen LogP contribution in [0.1, 0.15) is 48.5 Å². The Labute approximate surface area is 172 Å². The molecular weight excluding hydrogens is 395 g/mol. The van der Waals surface area contributed by atoms with Crippen molar-refractivity contribution in [1.82, 2.24) is 0 Å². The van der Waals surface area contributed by atoms with Gasteiger partial charge in [0.1, 0.15) is 5.71 Å². The fourth-order valence-electron chi connectivity index (χ4n) is 2.90. The van der Waals surface area contributed by atoms with Gasteiger partial charge in [0.15, 0.2) is 0 Å². The number of para-hydroxylation sites is 1. The molecule has 1 aromatic carbocycles. The zero-order chi connectivity index (χ0) is 21.8. The first-order valence-corrected chi connectivity index (χ1v) is 11.2. The average Bonchev–Trinajstić information content (AvgIpc) is 2.89. The Kier molecular flexibility index (Phi) is 7.94. The van der Waals surface area contributed by atoms with E-state index < -0.39 is 19.9 Å². The van der Waals surface area contributed by atoms with Crippen LogP contribution in [0, 0.1) is 10.1 Å². The van der Waals surface area contributed by atoms with Crippen molar-refractivity contribution in [3.63, 3.8) is 0 Å². The van der Waals surface area contributed by atoms with Crippen LogP contribution >= 0.6 is 7.74 Å². The molecule has 1 aromatic rings. The molecule has 1 aliphatic rings. The van der Waals surface area contributed by atoms with E-state index in [2.05, 4.69) is 5.10 Å². The zero-order valence-electron chi connectivity index (χ0n) is 18.1. The van der Waals surface area contributed by atoms with Gasteiger partial charge < -0.3 is 0 Å². The molecule has 1 aliphatic heterocycles. The molecule has 0 N–H and O–H groups in total. The normalized spacial score (nSPS) is 19.9. The monoisotopic (exact) mass is 426 g/mol. The minimum absolute atomic E-state index is 0.243. The number of rotatable bonds is 9. The molecule has 0 radical (unpaired) electrons. The molecule has 162 valence electrons. The molecular formula is C19H31N4O5P. The molecule has 2 atom stereocenters. The van der Waals surface area contributed by atoms with E-state index in [1.165, 1.54) is 0 Å². The number of nitro groups is 1. The summed E-state index contributed by atoms with van der Waals surface area (Å²) in [6, 6.07) is 8.10. The zero-order valence-corrected chi connectivity index (χ0v) is 18.9. The van der Waals surface area contributed by atoms with E-state index in [4.69, 9.17) is 18.3 Å². The summed E-state index contributed by atoms with van der Waals surface area (Å²) in [5.74, 6) is 0. The van der Waals surface area contributed by atoms with Crippen LogP contribution in [0.15, 0.2) is 40.2 Å². The third kappa shape index (κ3) is 6.09. The summed E-state index contributed by atoms with van der Waals surface area (Å²) in [5.41, 5.74) is 1.06. The van der Waals surface area contributed by atoms with Gasteiger partial charge in [0.25, 0.3) is 6.04 Å². The number of hydrazone groups is 1. The first kappa shape index (κ1) is 23.5. The van der Waals surface area contributed by atoms with Crippen LogP contribution < -0.4 is 5.01 Å². The Morgan fingerprint density at radius 3 is 1.93 bits per heavy atom. The lowest BCUT2D eigenvalue weighted by Crippen LogP contribution is -2.41. The molecule has 0 amide bonds. The number of hydrogen-bond acceptors (Lipinski definition) is 8. The SMILES string of the molecule is CC1=NN(c2ccccc2)[C@@H](N=P(OC(C)C)(OC(C)C)OC(C)C)[C@@H]1[N+](=O)[O-]. The second kappa shape index (κ2) is 9.80. The number of anilines is 1. The highest BCUT2D eigenvalue weighted by molar-refractivity contribution is 7.51. The van der Waals surface area contributed by atoms with Crippen LogP contribution in [0.4, 0.5) is 5.69 Å². The van der Waals surface area contributed by atoms with Crippen LogP contribution in [0.2, 0.25) is 0 Å². The second-order valence-corrected chi connectivity index (χ2v) is 9.41. The van der Waals surface area contributed by atoms with E-state index in [9.17, 15) is 10.1 Å². The lowest BCUT2D eigenvalue weighted by atomic mass is 10.1. The van der Waals surface area contributed by atoms with Gasteiger partial charge in [0.2, 0.25) is 6.17 Å². The van der Waals surface area contributed by atoms with E-state index in [0.29, 0.717) is 11.4 Å². The molecule has 1 heterocycles. The van der Waals surface area contributed by atoms with Crippen molar-refractivity contribution in [3.05, 3.63) is 40.4 Å². The van der Waals surface area contributed by atoms with Crippen molar-refractivity contribution in [3.8, 4) is 0 Å². The number of nitrogens with zero attached hydrogens (tertiary/aromatic N) is 4. The third-order valence-electron chi connectivity index (χ3n) is 3.77. The van der Waals surface area contributed by atoms with Gasteiger partial charge in [0.05, 0.1) is 24.0 Å². The van der Waals surface area contributed by atoms with Crippen LogP contribution in [0.3, 0.4) is 0 Å². The molecule has 0 saturated heterocycles. The maximum Gasteiger partial charge on any atom is 0.358 e. The van der Waals surface area contributed by atoms with E-state index in [-0.39, 0.29) is 23.2 Å². The highest BCUT2D eigenvalue weighted by atomic mass is 31.2. The fraction of sp³-hybridized carbons (Fsp3) is 0.632. The van der Waals surface area contributed by atoms with Crippen molar-refractivity contribution >= 4 is 19.1 Å². The topological polar surface area (TPSA) is 98.8 Å². The molecule has 0 spiro atoms. The van der Waals surface area contributed by atoms with Gasteiger partial charge in [-0.15, -0.1) is 0 Å². The number of hydrogen-bond donors (Lipinski definition) is 0. The minimum Gasteiger partial charge on any atom is -0.300 e. The Morgan fingerprint density at radius 2 is 1.52 bits per heavy atom. The predicted octanol–water partition coefficient (Wildman–Crippen LogP) is 5.08. The summed E-state index contributed by atoms with van der Waals surface area (Å²) in [6.45, 7) is 12.8. The molecule has 2 rings (SSSR count). The molecule has 0 aliphatic carbocycles. The largest absolute Gasteiger partial charge is 0.358 e. The Balaban J connectivity index is 2.64. The minimum atomic E-state index is -3.27. The lowest BCUT2D eigenvalue weighted by Gasteiger charge is -2.31. The van der Waals surface area contributed by atoms with Crippen molar-refractivity contribution in [2.75, 3.05) is 5.01 Å². The van der Waals surface area contributed by atoms with Crippen molar-refractivity contribution in [2.45, 2.75) is 79.0 Å². The van der Waals surface area contributed by atoms with Crippen LogP contribution in [-0.2, 0) is 13.6 Å². The predicted molar refractivity (Wildman–Crippen MR) is 115 cm³/mol. The Morgan fingerprint density at radius 1 is 1.03 bits per heavy atom. The van der Waals surface area contributed by atoms with Crippen molar-refractivity contribution < 1.29 is 18.5 Å². The summed E-state index contributed by atoms with van der Waals surface area (Å²) >= 11 is 0. The van der Waals surface area contributed by atoms with E-state index in [1.54, 1.807) is 11.9 Å². The standard InChI is InChI=1S/C19H31N4O5P/c1-13(2)26-29(27-14(3)4,28-15(5)6)21-19-18(23(24)25)16(7)20-22(19)17-11-9-8-10-12-17/h8-15,18-19H,1-7H3/t18-,19-/m1/s1. The van der Waals surface area contributed by atoms with Crippen molar-refractivity contribution in [2.24, 2.45) is 9.85 Å². The summed E-state index contributed by atoms with van der Waals surface area (Å²) in [4.78, 5) is 11.5. The fourth-order valence-corrected chi connectivity index (χ4v) is 5.33. The molecule has 10 heteroatoms. The average molecular weight is 426 g/mol. The molecule has 0 unspecified atom stereocenters. The smallest absolute Gasteiger partial charge is 0.300 e. The second-order valence-electron chi connectivity index (χ2n) is 7.61. The van der Waals surface area contributed by atoms with Gasteiger partial charge in [-0.05, 0) is 60.6 Å². The maximum absolute atomic E-state index is 11.9. The maximum atomic E-state index is 11.9.